The molecule has 2 heterocycles. The highest BCUT2D eigenvalue weighted by atomic mass is 16.5. The number of anilines is 1. The Morgan fingerprint density at radius 2 is 2.11 bits per heavy atom. The number of aromatic nitrogens is 2. The Bertz CT molecular complexity index is 362. The molecule has 106 valence electrons. The Kier molecular flexibility index (Phi) is 5.54. The minimum atomic E-state index is 0.518. The molecule has 5 heteroatoms. The van der Waals surface area contributed by atoms with E-state index in [4.69, 9.17) is 4.74 Å². The van der Waals surface area contributed by atoms with E-state index in [-0.39, 0.29) is 0 Å². The van der Waals surface area contributed by atoms with E-state index >= 15 is 0 Å². The van der Waals surface area contributed by atoms with Crippen molar-refractivity contribution in [1.29, 1.82) is 0 Å². The third kappa shape index (κ3) is 4.14. The van der Waals surface area contributed by atoms with Gasteiger partial charge >= 0.3 is 0 Å². The maximum atomic E-state index is 5.38. The lowest BCUT2D eigenvalue weighted by molar-refractivity contribution is 0.0843. The second kappa shape index (κ2) is 7.40. The van der Waals surface area contributed by atoms with Crippen molar-refractivity contribution in [3.05, 3.63) is 17.8 Å². The topological polar surface area (TPSA) is 50.3 Å². The summed E-state index contributed by atoms with van der Waals surface area (Å²) in [5.74, 6) is 1.47. The molecule has 0 bridgehead atoms. The molecule has 1 aromatic rings. The van der Waals surface area contributed by atoms with Crippen LogP contribution in [0, 0.1) is 0 Å². The van der Waals surface area contributed by atoms with Crippen LogP contribution in [0.4, 0.5) is 5.82 Å². The fourth-order valence-electron chi connectivity index (χ4n) is 2.36. The number of hydrogen-bond acceptors (Lipinski definition) is 5. The summed E-state index contributed by atoms with van der Waals surface area (Å²) in [5.41, 5.74) is 1.11. The maximum Gasteiger partial charge on any atom is 0.150 e. The minimum absolute atomic E-state index is 0.518. The number of hydrogen-bond donors (Lipinski definition) is 1. The van der Waals surface area contributed by atoms with Gasteiger partial charge in [0.25, 0.3) is 0 Å². The third-order valence-corrected chi connectivity index (χ3v) is 3.62. The summed E-state index contributed by atoms with van der Waals surface area (Å²) in [6, 6.07) is 4.20. The predicted octanol–water partition coefficient (Wildman–Crippen LogP) is 1.42. The van der Waals surface area contributed by atoms with Gasteiger partial charge in [-0.15, -0.1) is 5.10 Å². The van der Waals surface area contributed by atoms with Crippen molar-refractivity contribution in [2.24, 2.45) is 0 Å². The molecule has 2 rings (SSSR count). The van der Waals surface area contributed by atoms with Gasteiger partial charge in [-0.3, -0.25) is 0 Å². The van der Waals surface area contributed by atoms with Gasteiger partial charge in [-0.1, -0.05) is 0 Å². The summed E-state index contributed by atoms with van der Waals surface area (Å²) >= 11 is 0. The quantitative estimate of drug-likeness (QED) is 0.787. The SMILES string of the molecule is CNCCCN(C)c1ccc(C2CCOCC2)nn1. The molecular formula is C14H24N4O. The first-order valence-corrected chi connectivity index (χ1v) is 7.08. The van der Waals surface area contributed by atoms with E-state index in [1.54, 1.807) is 0 Å². The van der Waals surface area contributed by atoms with Crippen LogP contribution in [0.15, 0.2) is 12.1 Å². The Labute approximate surface area is 115 Å². The van der Waals surface area contributed by atoms with Gasteiger partial charge in [0.1, 0.15) is 0 Å². The summed E-state index contributed by atoms with van der Waals surface area (Å²) in [6.45, 7) is 3.71. The van der Waals surface area contributed by atoms with Crippen LogP contribution in [-0.2, 0) is 4.74 Å². The van der Waals surface area contributed by atoms with E-state index < -0.39 is 0 Å². The van der Waals surface area contributed by atoms with Gasteiger partial charge in [0.2, 0.25) is 0 Å². The van der Waals surface area contributed by atoms with E-state index in [9.17, 15) is 0 Å². The molecule has 0 spiro atoms. The molecule has 1 aromatic heterocycles. The number of ether oxygens (including phenoxy) is 1. The fourth-order valence-corrected chi connectivity index (χ4v) is 2.36. The average Bonchev–Trinajstić information content (AvgIpc) is 2.48. The Hall–Kier alpha value is -1.20. The molecule has 1 saturated heterocycles. The Morgan fingerprint density at radius 1 is 1.32 bits per heavy atom. The molecule has 0 saturated carbocycles. The van der Waals surface area contributed by atoms with Crippen molar-refractivity contribution >= 4 is 5.82 Å². The second-order valence-corrected chi connectivity index (χ2v) is 5.08. The van der Waals surface area contributed by atoms with Crippen molar-refractivity contribution in [3.63, 3.8) is 0 Å². The highest BCUT2D eigenvalue weighted by molar-refractivity contribution is 5.36. The van der Waals surface area contributed by atoms with Crippen LogP contribution in [-0.4, -0.2) is 50.6 Å². The molecule has 0 radical (unpaired) electrons. The molecule has 0 unspecified atom stereocenters. The van der Waals surface area contributed by atoms with Crippen molar-refractivity contribution in [2.45, 2.75) is 25.2 Å². The lowest BCUT2D eigenvalue weighted by Crippen LogP contribution is -2.23. The molecule has 0 aromatic carbocycles. The van der Waals surface area contributed by atoms with Crippen LogP contribution in [0.1, 0.15) is 30.9 Å². The Morgan fingerprint density at radius 3 is 2.74 bits per heavy atom. The molecule has 1 fully saturated rings. The van der Waals surface area contributed by atoms with Crippen molar-refractivity contribution < 1.29 is 4.74 Å². The van der Waals surface area contributed by atoms with Gasteiger partial charge in [0.05, 0.1) is 5.69 Å². The maximum absolute atomic E-state index is 5.38. The highest BCUT2D eigenvalue weighted by Crippen LogP contribution is 2.25. The largest absolute Gasteiger partial charge is 0.381 e. The van der Waals surface area contributed by atoms with Gasteiger partial charge in [0.15, 0.2) is 5.82 Å². The number of nitrogens with zero attached hydrogens (tertiary/aromatic N) is 3. The van der Waals surface area contributed by atoms with E-state index in [2.05, 4.69) is 39.6 Å². The minimum Gasteiger partial charge on any atom is -0.381 e. The van der Waals surface area contributed by atoms with Crippen LogP contribution < -0.4 is 10.2 Å². The first-order valence-electron chi connectivity index (χ1n) is 7.08. The first kappa shape index (κ1) is 14.2. The van der Waals surface area contributed by atoms with Crippen molar-refractivity contribution in [3.8, 4) is 0 Å². The molecule has 0 amide bonds. The zero-order valence-electron chi connectivity index (χ0n) is 11.9. The van der Waals surface area contributed by atoms with Crippen molar-refractivity contribution in [2.75, 3.05) is 45.3 Å². The molecule has 1 aliphatic heterocycles. The van der Waals surface area contributed by atoms with Crippen LogP contribution >= 0.6 is 0 Å². The summed E-state index contributed by atoms with van der Waals surface area (Å²) in [5, 5.41) is 11.9. The first-order chi connectivity index (χ1) is 9.31. The zero-order chi connectivity index (χ0) is 13.5. The Balaban J connectivity index is 1.89. The van der Waals surface area contributed by atoms with E-state index in [0.717, 1.165) is 57.1 Å². The fraction of sp³-hybridized carbons (Fsp3) is 0.714. The molecule has 1 N–H and O–H groups in total. The van der Waals surface area contributed by atoms with Gasteiger partial charge in [0, 0.05) is 32.7 Å². The standard InChI is InChI=1S/C14H24N4O/c1-15-8-3-9-18(2)14-5-4-13(16-17-14)12-6-10-19-11-7-12/h4-5,12,15H,3,6-11H2,1-2H3. The smallest absolute Gasteiger partial charge is 0.150 e. The van der Waals surface area contributed by atoms with Crippen LogP contribution in [0.25, 0.3) is 0 Å². The molecule has 5 nitrogen and oxygen atoms in total. The van der Waals surface area contributed by atoms with E-state index in [1.165, 1.54) is 0 Å². The summed E-state index contributed by atoms with van der Waals surface area (Å²) in [7, 11) is 4.04. The summed E-state index contributed by atoms with van der Waals surface area (Å²) in [4.78, 5) is 2.15. The van der Waals surface area contributed by atoms with Crippen LogP contribution in [0.2, 0.25) is 0 Å². The third-order valence-electron chi connectivity index (χ3n) is 3.62. The second-order valence-electron chi connectivity index (χ2n) is 5.08. The van der Waals surface area contributed by atoms with Crippen molar-refractivity contribution in [1.82, 2.24) is 15.5 Å². The van der Waals surface area contributed by atoms with Gasteiger partial charge in [-0.05, 0) is 45.0 Å². The van der Waals surface area contributed by atoms with Gasteiger partial charge in [-0.2, -0.15) is 5.10 Å². The van der Waals surface area contributed by atoms with E-state index in [1.807, 2.05) is 7.05 Å². The number of rotatable bonds is 6. The highest BCUT2D eigenvalue weighted by Gasteiger charge is 2.17. The summed E-state index contributed by atoms with van der Waals surface area (Å²) < 4.78 is 5.38. The summed E-state index contributed by atoms with van der Waals surface area (Å²) in [6.07, 6.45) is 3.23. The monoisotopic (exact) mass is 264 g/mol. The van der Waals surface area contributed by atoms with Gasteiger partial charge in [-0.25, -0.2) is 0 Å². The number of nitrogens with one attached hydrogen (secondary N) is 1. The molecule has 19 heavy (non-hydrogen) atoms. The van der Waals surface area contributed by atoms with Gasteiger partial charge < -0.3 is 15.0 Å². The molecule has 0 aliphatic carbocycles. The average molecular weight is 264 g/mol. The lowest BCUT2D eigenvalue weighted by Gasteiger charge is -2.22. The van der Waals surface area contributed by atoms with Crippen LogP contribution in [0.3, 0.4) is 0 Å². The molecular weight excluding hydrogens is 240 g/mol. The van der Waals surface area contributed by atoms with E-state index in [0.29, 0.717) is 5.92 Å². The lowest BCUT2D eigenvalue weighted by atomic mass is 9.96. The zero-order valence-corrected chi connectivity index (χ0v) is 11.9. The predicted molar refractivity (Wildman–Crippen MR) is 76.6 cm³/mol. The normalized spacial score (nSPS) is 16.5. The molecule has 1 aliphatic rings. The van der Waals surface area contributed by atoms with Crippen LogP contribution in [0.5, 0.6) is 0 Å². The molecule has 0 atom stereocenters.